The lowest BCUT2D eigenvalue weighted by Gasteiger charge is -2.29. The van der Waals surface area contributed by atoms with Gasteiger partial charge in [-0.2, -0.15) is 0 Å². The van der Waals surface area contributed by atoms with Crippen LogP contribution in [0.1, 0.15) is 0 Å². The van der Waals surface area contributed by atoms with Crippen LogP contribution in [-0.4, -0.2) is 0 Å². The van der Waals surface area contributed by atoms with E-state index in [2.05, 4.69) is 132 Å². The van der Waals surface area contributed by atoms with Crippen LogP contribution in [0.3, 0.4) is 0 Å². The minimum absolute atomic E-state index is 1.16. The number of fused-ring (bicyclic) bond motifs is 5. The summed E-state index contributed by atoms with van der Waals surface area (Å²) in [6.07, 6.45) is 0. The van der Waals surface area contributed by atoms with E-state index in [9.17, 15) is 0 Å². The predicted octanol–water partition coefficient (Wildman–Crippen LogP) is 9.11. The van der Waals surface area contributed by atoms with Crippen molar-refractivity contribution >= 4 is 38.6 Å². The summed E-state index contributed by atoms with van der Waals surface area (Å²) in [6.45, 7) is 0. The molecule has 154 valence electrons. The molecule has 0 aliphatic heterocycles. The quantitative estimate of drug-likeness (QED) is 0.258. The van der Waals surface area contributed by atoms with Gasteiger partial charge in [-0.15, -0.1) is 0 Å². The Hall–Kier alpha value is -4.36. The summed E-state index contributed by atoms with van der Waals surface area (Å²) in [5, 5.41) is 5.20. The second-order valence-electron chi connectivity index (χ2n) is 8.55. The van der Waals surface area contributed by atoms with E-state index in [1.165, 1.54) is 49.5 Å². The highest BCUT2D eigenvalue weighted by Gasteiger charge is 2.27. The average molecular weight is 420 g/mol. The highest BCUT2D eigenvalue weighted by molar-refractivity contribution is 6.29. The molecular weight excluding hydrogens is 398 g/mol. The first-order valence-corrected chi connectivity index (χ1v) is 11.4. The van der Waals surface area contributed by atoms with Crippen molar-refractivity contribution in [2.24, 2.45) is 0 Å². The number of rotatable bonds is 3. The molecule has 0 aromatic heterocycles. The maximum atomic E-state index is 2.41. The number of hydrogen-bond donors (Lipinski definition) is 0. The van der Waals surface area contributed by atoms with Gasteiger partial charge in [0.25, 0.3) is 0 Å². The van der Waals surface area contributed by atoms with Gasteiger partial charge in [0, 0.05) is 27.5 Å². The fourth-order valence-corrected chi connectivity index (χ4v) is 5.45. The molecule has 6 aromatic carbocycles. The molecule has 0 bridgehead atoms. The maximum Gasteiger partial charge on any atom is 0.0619 e. The minimum atomic E-state index is 1.16. The van der Waals surface area contributed by atoms with Crippen LogP contribution >= 0.6 is 0 Å². The van der Waals surface area contributed by atoms with Crippen LogP contribution in [0.2, 0.25) is 0 Å². The summed E-state index contributed by atoms with van der Waals surface area (Å²) in [4.78, 5) is 2.41. The lowest BCUT2D eigenvalue weighted by atomic mass is 9.93. The smallest absolute Gasteiger partial charge is 0.0619 e. The molecule has 7 rings (SSSR count). The van der Waals surface area contributed by atoms with E-state index in [0.29, 0.717) is 0 Å². The van der Waals surface area contributed by atoms with Crippen molar-refractivity contribution in [2.75, 3.05) is 4.90 Å². The number of para-hydroxylation sites is 2. The Morgan fingerprint density at radius 2 is 0.879 bits per heavy atom. The molecular formula is C32H21N. The van der Waals surface area contributed by atoms with Gasteiger partial charge in [0.05, 0.1) is 5.69 Å². The third-order valence-corrected chi connectivity index (χ3v) is 6.76. The average Bonchev–Trinajstić information content (AvgIpc) is 3.23. The standard InChI is InChI=1S/C32H21N/c1-3-12-22(13-4-1)33(23-14-5-2-6-15-23)32-28-19-10-9-18-27(28)30-25-17-8-7-16-24(25)26-20-11-21-29(32)31(26)30/h1-21H. The number of benzene rings is 6. The zero-order chi connectivity index (χ0) is 21.8. The molecule has 0 atom stereocenters. The van der Waals surface area contributed by atoms with Gasteiger partial charge >= 0.3 is 0 Å². The van der Waals surface area contributed by atoms with Gasteiger partial charge in [-0.1, -0.05) is 103 Å². The molecule has 0 N–H and O–H groups in total. The lowest BCUT2D eigenvalue weighted by molar-refractivity contribution is 1.31. The van der Waals surface area contributed by atoms with Gasteiger partial charge < -0.3 is 4.90 Å². The van der Waals surface area contributed by atoms with Gasteiger partial charge in [-0.3, -0.25) is 0 Å². The molecule has 0 amide bonds. The highest BCUT2D eigenvalue weighted by atomic mass is 15.1. The summed E-state index contributed by atoms with van der Waals surface area (Å²) >= 11 is 0. The highest BCUT2D eigenvalue weighted by Crippen LogP contribution is 2.55. The first-order valence-electron chi connectivity index (χ1n) is 11.4. The molecule has 0 heterocycles. The van der Waals surface area contributed by atoms with Crippen molar-refractivity contribution in [3.63, 3.8) is 0 Å². The molecule has 0 radical (unpaired) electrons. The Labute approximate surface area is 193 Å². The fraction of sp³-hybridized carbons (Fsp3) is 0. The molecule has 0 saturated carbocycles. The summed E-state index contributed by atoms with van der Waals surface area (Å²) in [5.41, 5.74) is 8.89. The minimum Gasteiger partial charge on any atom is -0.309 e. The Morgan fingerprint density at radius 1 is 0.364 bits per heavy atom. The normalized spacial score (nSPS) is 11.6. The molecule has 1 aliphatic carbocycles. The molecule has 0 fully saturated rings. The SMILES string of the molecule is c1ccc(N(c2ccccc2)c2c3ccccc3c3c4c(cccc24)-c2ccccc2-3)cc1. The third kappa shape index (κ3) is 2.60. The van der Waals surface area contributed by atoms with E-state index in [1.54, 1.807) is 0 Å². The van der Waals surface area contributed by atoms with Gasteiger partial charge in [-0.25, -0.2) is 0 Å². The van der Waals surface area contributed by atoms with E-state index in [0.717, 1.165) is 11.4 Å². The summed E-state index contributed by atoms with van der Waals surface area (Å²) in [7, 11) is 0. The summed E-state index contributed by atoms with van der Waals surface area (Å²) < 4.78 is 0. The van der Waals surface area contributed by atoms with Crippen molar-refractivity contribution in [1.29, 1.82) is 0 Å². The number of nitrogens with zero attached hydrogens (tertiary/aromatic N) is 1. The zero-order valence-corrected chi connectivity index (χ0v) is 18.1. The Kier molecular flexibility index (Phi) is 3.91. The first kappa shape index (κ1) is 18.2. The zero-order valence-electron chi connectivity index (χ0n) is 18.1. The Morgan fingerprint density at radius 3 is 1.58 bits per heavy atom. The summed E-state index contributed by atoms with van der Waals surface area (Å²) in [6, 6.07) is 45.8. The van der Waals surface area contributed by atoms with E-state index < -0.39 is 0 Å². The van der Waals surface area contributed by atoms with Gasteiger partial charge in [-0.05, 0) is 51.9 Å². The van der Waals surface area contributed by atoms with Crippen LogP contribution in [0.5, 0.6) is 0 Å². The van der Waals surface area contributed by atoms with E-state index >= 15 is 0 Å². The topological polar surface area (TPSA) is 3.24 Å². The van der Waals surface area contributed by atoms with Gasteiger partial charge in [0.15, 0.2) is 0 Å². The third-order valence-electron chi connectivity index (χ3n) is 6.76. The monoisotopic (exact) mass is 419 g/mol. The van der Waals surface area contributed by atoms with E-state index in [-0.39, 0.29) is 0 Å². The second kappa shape index (κ2) is 7.08. The van der Waals surface area contributed by atoms with Crippen molar-refractivity contribution < 1.29 is 0 Å². The van der Waals surface area contributed by atoms with E-state index in [4.69, 9.17) is 0 Å². The van der Waals surface area contributed by atoms with Crippen LogP contribution in [0.15, 0.2) is 127 Å². The molecule has 33 heavy (non-hydrogen) atoms. The molecule has 1 heteroatoms. The first-order chi connectivity index (χ1) is 16.4. The van der Waals surface area contributed by atoms with Crippen molar-refractivity contribution in [1.82, 2.24) is 0 Å². The lowest BCUT2D eigenvalue weighted by Crippen LogP contribution is -2.11. The Bertz CT molecular complexity index is 1610. The van der Waals surface area contributed by atoms with Gasteiger partial charge in [0.1, 0.15) is 0 Å². The Balaban J connectivity index is 1.69. The van der Waals surface area contributed by atoms with Crippen molar-refractivity contribution in [3.05, 3.63) is 127 Å². The van der Waals surface area contributed by atoms with E-state index in [1.807, 2.05) is 0 Å². The predicted molar refractivity (Wildman–Crippen MR) is 141 cm³/mol. The fourth-order valence-electron chi connectivity index (χ4n) is 5.45. The van der Waals surface area contributed by atoms with Crippen molar-refractivity contribution in [3.8, 4) is 22.3 Å². The van der Waals surface area contributed by atoms with Crippen LogP contribution in [0.25, 0.3) is 43.8 Å². The molecule has 0 saturated heterocycles. The van der Waals surface area contributed by atoms with Crippen molar-refractivity contribution in [2.45, 2.75) is 0 Å². The number of hydrogen-bond acceptors (Lipinski definition) is 1. The molecule has 1 nitrogen and oxygen atoms in total. The van der Waals surface area contributed by atoms with Crippen LogP contribution < -0.4 is 4.90 Å². The second-order valence-corrected chi connectivity index (χ2v) is 8.55. The van der Waals surface area contributed by atoms with Crippen LogP contribution in [0, 0.1) is 0 Å². The molecule has 1 aliphatic rings. The molecule has 0 spiro atoms. The van der Waals surface area contributed by atoms with Crippen LogP contribution in [-0.2, 0) is 0 Å². The molecule has 6 aromatic rings. The van der Waals surface area contributed by atoms with Crippen LogP contribution in [0.4, 0.5) is 17.1 Å². The largest absolute Gasteiger partial charge is 0.309 e. The maximum absolute atomic E-state index is 2.41. The number of anilines is 3. The molecule has 0 unspecified atom stereocenters. The summed E-state index contributed by atoms with van der Waals surface area (Å²) in [5.74, 6) is 0. The van der Waals surface area contributed by atoms with Gasteiger partial charge in [0.2, 0.25) is 0 Å².